The van der Waals surface area contributed by atoms with Crippen molar-refractivity contribution >= 4 is 5.97 Å². The Hall–Kier alpha value is -1.09. The Kier molecular flexibility index (Phi) is 2.23. The van der Waals surface area contributed by atoms with Gasteiger partial charge in [-0.1, -0.05) is 31.2 Å². The average Bonchev–Trinajstić information content (AvgIpc) is 2.41. The van der Waals surface area contributed by atoms with Crippen molar-refractivity contribution in [3.8, 4) is 0 Å². The topological polar surface area (TPSA) is 46.5 Å². The van der Waals surface area contributed by atoms with Gasteiger partial charge in [0.25, 0.3) is 0 Å². The van der Waals surface area contributed by atoms with E-state index in [0.29, 0.717) is 6.61 Å². The fourth-order valence-electron chi connectivity index (χ4n) is 2.72. The number of carbonyl (C=O) groups is 1. The Balaban J connectivity index is 2.42. The summed E-state index contributed by atoms with van der Waals surface area (Å²) in [5, 5.41) is 9.03. The van der Waals surface area contributed by atoms with Crippen molar-refractivity contribution in [2.75, 3.05) is 6.61 Å². The molecule has 0 saturated carbocycles. The summed E-state index contributed by atoms with van der Waals surface area (Å²) in [6.45, 7) is 4.62. The Labute approximate surface area is 89.4 Å². The monoisotopic (exact) mass is 208 g/mol. The molecule has 0 aromatic carbocycles. The first-order valence-corrected chi connectivity index (χ1v) is 5.21. The lowest BCUT2D eigenvalue weighted by atomic mass is 9.60. The number of rotatable bonds is 2. The third-order valence-electron chi connectivity index (χ3n) is 3.83. The van der Waals surface area contributed by atoms with E-state index in [1.807, 2.05) is 25.2 Å². The number of fused-ring (bicyclic) bond motifs is 1. The van der Waals surface area contributed by atoms with Gasteiger partial charge in [-0.2, -0.15) is 0 Å². The second kappa shape index (κ2) is 3.20. The van der Waals surface area contributed by atoms with Gasteiger partial charge in [-0.15, -0.1) is 0 Å². The summed E-state index contributed by atoms with van der Waals surface area (Å²) in [5.41, 5.74) is -0.562. The van der Waals surface area contributed by atoms with Gasteiger partial charge in [0.15, 0.2) is 0 Å². The van der Waals surface area contributed by atoms with Gasteiger partial charge in [0.1, 0.15) is 0 Å². The van der Waals surface area contributed by atoms with Gasteiger partial charge in [-0.05, 0) is 6.92 Å². The van der Waals surface area contributed by atoms with E-state index in [0.717, 1.165) is 0 Å². The molecule has 1 aliphatic carbocycles. The highest BCUT2D eigenvalue weighted by atomic mass is 16.5. The molecule has 1 unspecified atom stereocenters. The Morgan fingerprint density at radius 3 is 2.87 bits per heavy atom. The summed E-state index contributed by atoms with van der Waals surface area (Å²) in [5.74, 6) is -0.765. The number of ether oxygens (including phenoxy) is 1. The first kappa shape index (κ1) is 10.4. The van der Waals surface area contributed by atoms with Gasteiger partial charge >= 0.3 is 5.97 Å². The summed E-state index contributed by atoms with van der Waals surface area (Å²) < 4.78 is 5.64. The van der Waals surface area contributed by atoms with E-state index >= 15 is 0 Å². The number of carboxylic acids is 1. The standard InChI is InChI=1S/C12H16O3/c1-9-12(7-10(13)14)6-4-3-5-11(12,2)8-15-9/h3-6,9H,7-8H2,1-2H3,(H,13,14)/t9?,11-,12-/m0/s1. The summed E-state index contributed by atoms with van der Waals surface area (Å²) in [6, 6.07) is 0. The second-order valence-electron chi connectivity index (χ2n) is 4.70. The fraction of sp³-hybridized carbons (Fsp3) is 0.583. The highest BCUT2D eigenvalue weighted by Crippen LogP contribution is 2.54. The third-order valence-corrected chi connectivity index (χ3v) is 3.83. The molecule has 1 aliphatic heterocycles. The molecular formula is C12H16O3. The number of carboxylic acid groups (broad SMARTS) is 1. The smallest absolute Gasteiger partial charge is 0.304 e. The lowest BCUT2D eigenvalue weighted by Crippen LogP contribution is -2.42. The number of hydrogen-bond donors (Lipinski definition) is 1. The van der Waals surface area contributed by atoms with E-state index in [9.17, 15) is 4.79 Å². The van der Waals surface area contributed by atoms with Crippen molar-refractivity contribution < 1.29 is 14.6 Å². The molecule has 0 bridgehead atoms. The van der Waals surface area contributed by atoms with Gasteiger partial charge in [-0.3, -0.25) is 4.79 Å². The van der Waals surface area contributed by atoms with E-state index in [-0.39, 0.29) is 23.4 Å². The van der Waals surface area contributed by atoms with Gasteiger partial charge in [0.05, 0.1) is 19.1 Å². The van der Waals surface area contributed by atoms with Crippen LogP contribution in [0, 0.1) is 10.8 Å². The van der Waals surface area contributed by atoms with Crippen LogP contribution in [0.25, 0.3) is 0 Å². The Morgan fingerprint density at radius 2 is 2.20 bits per heavy atom. The molecule has 0 aromatic rings. The van der Waals surface area contributed by atoms with Crippen LogP contribution in [0.5, 0.6) is 0 Å². The molecule has 3 nitrogen and oxygen atoms in total. The lowest BCUT2D eigenvalue weighted by molar-refractivity contribution is -0.140. The SMILES string of the molecule is CC1OC[C@]2(C)C=CC=C[C@]12CC(=O)O. The minimum Gasteiger partial charge on any atom is -0.481 e. The molecule has 15 heavy (non-hydrogen) atoms. The Bertz CT molecular complexity index is 345. The quantitative estimate of drug-likeness (QED) is 0.755. The summed E-state index contributed by atoms with van der Waals surface area (Å²) in [7, 11) is 0. The predicted molar refractivity (Wildman–Crippen MR) is 56.5 cm³/mol. The van der Waals surface area contributed by atoms with Crippen LogP contribution in [-0.4, -0.2) is 23.8 Å². The van der Waals surface area contributed by atoms with E-state index < -0.39 is 5.97 Å². The molecule has 1 saturated heterocycles. The van der Waals surface area contributed by atoms with Gasteiger partial charge in [0, 0.05) is 10.8 Å². The molecular weight excluding hydrogens is 192 g/mol. The van der Waals surface area contributed by atoms with Gasteiger partial charge in [0.2, 0.25) is 0 Å². The number of aliphatic carboxylic acids is 1. The highest BCUT2D eigenvalue weighted by Gasteiger charge is 2.56. The zero-order chi connectivity index (χ0) is 11.1. The van der Waals surface area contributed by atoms with E-state index in [4.69, 9.17) is 9.84 Å². The first-order valence-electron chi connectivity index (χ1n) is 5.21. The molecule has 3 heteroatoms. The summed E-state index contributed by atoms with van der Waals surface area (Å²) >= 11 is 0. The summed E-state index contributed by atoms with van der Waals surface area (Å²) in [6.07, 6.45) is 8.06. The largest absolute Gasteiger partial charge is 0.481 e. The van der Waals surface area contributed by atoms with Gasteiger partial charge < -0.3 is 9.84 Å². The van der Waals surface area contributed by atoms with Crippen LogP contribution < -0.4 is 0 Å². The Morgan fingerprint density at radius 1 is 1.53 bits per heavy atom. The molecule has 0 radical (unpaired) electrons. The summed E-state index contributed by atoms with van der Waals surface area (Å²) in [4.78, 5) is 11.0. The van der Waals surface area contributed by atoms with Crippen molar-refractivity contribution in [2.24, 2.45) is 10.8 Å². The van der Waals surface area contributed by atoms with Crippen LogP contribution in [0.4, 0.5) is 0 Å². The third kappa shape index (κ3) is 1.34. The second-order valence-corrected chi connectivity index (χ2v) is 4.70. The van der Waals surface area contributed by atoms with Crippen LogP contribution in [0.1, 0.15) is 20.3 Å². The van der Waals surface area contributed by atoms with Crippen molar-refractivity contribution in [1.29, 1.82) is 0 Å². The maximum absolute atomic E-state index is 11.0. The lowest BCUT2D eigenvalue weighted by Gasteiger charge is -2.41. The maximum atomic E-state index is 11.0. The van der Waals surface area contributed by atoms with Crippen molar-refractivity contribution in [1.82, 2.24) is 0 Å². The molecule has 0 spiro atoms. The van der Waals surface area contributed by atoms with Gasteiger partial charge in [-0.25, -0.2) is 0 Å². The minimum atomic E-state index is -0.765. The van der Waals surface area contributed by atoms with E-state index in [1.54, 1.807) is 0 Å². The van der Waals surface area contributed by atoms with Crippen LogP contribution >= 0.6 is 0 Å². The van der Waals surface area contributed by atoms with Crippen LogP contribution in [0.15, 0.2) is 24.3 Å². The normalized spacial score (nSPS) is 42.9. The highest BCUT2D eigenvalue weighted by molar-refractivity contribution is 5.69. The number of hydrogen-bond acceptors (Lipinski definition) is 2. The predicted octanol–water partition coefficient (Wildman–Crippen LogP) is 2.00. The first-order chi connectivity index (χ1) is 7.00. The van der Waals surface area contributed by atoms with E-state index in [2.05, 4.69) is 13.0 Å². The molecule has 0 amide bonds. The molecule has 0 aromatic heterocycles. The molecule has 3 atom stereocenters. The van der Waals surface area contributed by atoms with Crippen molar-refractivity contribution in [3.05, 3.63) is 24.3 Å². The van der Waals surface area contributed by atoms with Crippen molar-refractivity contribution in [3.63, 3.8) is 0 Å². The van der Waals surface area contributed by atoms with Crippen LogP contribution in [-0.2, 0) is 9.53 Å². The maximum Gasteiger partial charge on any atom is 0.304 e. The number of allylic oxidation sites excluding steroid dienone is 2. The van der Waals surface area contributed by atoms with Crippen molar-refractivity contribution in [2.45, 2.75) is 26.4 Å². The molecule has 82 valence electrons. The fourth-order valence-corrected chi connectivity index (χ4v) is 2.72. The molecule has 1 N–H and O–H groups in total. The zero-order valence-electron chi connectivity index (χ0n) is 9.06. The van der Waals surface area contributed by atoms with E-state index in [1.165, 1.54) is 0 Å². The average molecular weight is 208 g/mol. The molecule has 1 heterocycles. The minimum absolute atomic E-state index is 0.0419. The molecule has 2 aliphatic rings. The molecule has 2 rings (SSSR count). The van der Waals surface area contributed by atoms with Crippen LogP contribution in [0.3, 0.4) is 0 Å². The molecule has 1 fully saturated rings. The zero-order valence-corrected chi connectivity index (χ0v) is 9.06. The van der Waals surface area contributed by atoms with Crippen LogP contribution in [0.2, 0.25) is 0 Å².